The Kier molecular flexibility index (Phi) is 5.78. The van der Waals surface area contributed by atoms with Gasteiger partial charge in [-0.1, -0.05) is 0 Å². The van der Waals surface area contributed by atoms with E-state index in [4.69, 9.17) is 4.42 Å². The second kappa shape index (κ2) is 7.91. The molecule has 3 rings (SSSR count). The summed E-state index contributed by atoms with van der Waals surface area (Å²) in [5.74, 6) is 0.181. The average Bonchev–Trinajstić information content (AvgIpc) is 3.28. The molecule has 1 aromatic heterocycles. The van der Waals surface area contributed by atoms with E-state index >= 15 is 0 Å². The summed E-state index contributed by atoms with van der Waals surface area (Å²) < 4.78 is 73.3. The number of nitrogens with one attached hydrogen (secondary N) is 1. The molecule has 1 fully saturated rings. The molecule has 10 heteroatoms. The first kappa shape index (κ1) is 19.7. The van der Waals surface area contributed by atoms with Crippen molar-refractivity contribution < 1.29 is 30.7 Å². The molecule has 148 valence electrons. The van der Waals surface area contributed by atoms with E-state index in [1.54, 1.807) is 12.1 Å². The summed E-state index contributed by atoms with van der Waals surface area (Å²) in [6.07, 6.45) is -1.23. The lowest BCUT2D eigenvalue weighted by Gasteiger charge is -2.26. The summed E-state index contributed by atoms with van der Waals surface area (Å²) in [5.41, 5.74) is 0. The number of alkyl halides is 3. The predicted molar refractivity (Wildman–Crippen MR) is 90.6 cm³/mol. The topological polar surface area (TPSA) is 71.8 Å². The minimum Gasteiger partial charge on any atom is -0.468 e. The zero-order chi connectivity index (χ0) is 19.5. The molecule has 1 N–H and O–H groups in total. The van der Waals surface area contributed by atoms with Gasteiger partial charge in [-0.3, -0.25) is 4.90 Å². The van der Waals surface area contributed by atoms with Crippen molar-refractivity contribution in [1.29, 1.82) is 0 Å². The Hall–Kier alpha value is -2.04. The number of ether oxygens (including phenoxy) is 1. The van der Waals surface area contributed by atoms with Gasteiger partial charge in [-0.15, -0.1) is 13.2 Å². The van der Waals surface area contributed by atoms with Crippen LogP contribution in [0, 0.1) is 0 Å². The molecule has 1 aromatic carbocycles. The van der Waals surface area contributed by atoms with Crippen molar-refractivity contribution in [2.75, 3.05) is 19.6 Å². The molecule has 0 saturated carbocycles. The third-order valence-corrected chi connectivity index (χ3v) is 5.73. The lowest BCUT2D eigenvalue weighted by Crippen LogP contribution is -2.36. The standard InChI is InChI=1S/C17H19F3N2O4S/c18-17(19,20)26-13-5-7-14(8-6-13)27(23,24)21-12-15(16-4-3-11-25-16)22-9-1-2-10-22/h3-8,11,15,21H,1-2,9-10,12H2. The predicted octanol–water partition coefficient (Wildman–Crippen LogP) is 3.29. The Balaban J connectivity index is 1.69. The number of likely N-dealkylation sites (tertiary alicyclic amines) is 1. The van der Waals surface area contributed by atoms with E-state index in [2.05, 4.69) is 14.4 Å². The highest BCUT2D eigenvalue weighted by Gasteiger charge is 2.31. The smallest absolute Gasteiger partial charge is 0.468 e. The van der Waals surface area contributed by atoms with Crippen molar-refractivity contribution in [2.24, 2.45) is 0 Å². The first-order chi connectivity index (χ1) is 12.7. The van der Waals surface area contributed by atoms with Crippen molar-refractivity contribution >= 4 is 10.0 Å². The van der Waals surface area contributed by atoms with E-state index in [-0.39, 0.29) is 17.5 Å². The number of sulfonamides is 1. The molecule has 0 spiro atoms. The van der Waals surface area contributed by atoms with Gasteiger partial charge in [-0.25, -0.2) is 13.1 Å². The van der Waals surface area contributed by atoms with Crippen LogP contribution in [0.3, 0.4) is 0 Å². The zero-order valence-corrected chi connectivity index (χ0v) is 15.1. The molecule has 27 heavy (non-hydrogen) atoms. The Bertz CT molecular complexity index is 830. The largest absolute Gasteiger partial charge is 0.573 e. The molecule has 1 aliphatic rings. The van der Waals surface area contributed by atoms with Gasteiger partial charge in [0.15, 0.2) is 0 Å². The van der Waals surface area contributed by atoms with Gasteiger partial charge >= 0.3 is 6.36 Å². The highest BCUT2D eigenvalue weighted by atomic mass is 32.2. The van der Waals surface area contributed by atoms with Crippen LogP contribution in [0.5, 0.6) is 5.75 Å². The fourth-order valence-electron chi connectivity index (χ4n) is 3.04. The summed E-state index contributed by atoms with van der Waals surface area (Å²) in [4.78, 5) is 2.00. The zero-order valence-electron chi connectivity index (χ0n) is 14.3. The molecule has 0 bridgehead atoms. The summed E-state index contributed by atoms with van der Waals surface area (Å²) >= 11 is 0. The van der Waals surface area contributed by atoms with E-state index in [0.29, 0.717) is 5.76 Å². The van der Waals surface area contributed by atoms with Crippen LogP contribution in [0.2, 0.25) is 0 Å². The van der Waals surface area contributed by atoms with Crippen LogP contribution in [0.25, 0.3) is 0 Å². The fourth-order valence-corrected chi connectivity index (χ4v) is 4.07. The number of furan rings is 1. The van der Waals surface area contributed by atoms with Gasteiger partial charge in [-0.05, 0) is 62.3 Å². The van der Waals surface area contributed by atoms with Crippen LogP contribution in [-0.2, 0) is 10.0 Å². The number of nitrogens with zero attached hydrogens (tertiary/aromatic N) is 1. The van der Waals surface area contributed by atoms with E-state index in [1.165, 1.54) is 6.26 Å². The van der Waals surface area contributed by atoms with Crippen LogP contribution < -0.4 is 9.46 Å². The lowest BCUT2D eigenvalue weighted by atomic mass is 10.2. The van der Waals surface area contributed by atoms with Crippen LogP contribution in [0.4, 0.5) is 13.2 Å². The number of halogens is 3. The highest BCUT2D eigenvalue weighted by molar-refractivity contribution is 7.89. The number of benzene rings is 1. The summed E-state index contributed by atoms with van der Waals surface area (Å²) in [6.45, 7) is 1.78. The molecule has 1 unspecified atom stereocenters. The van der Waals surface area contributed by atoms with Gasteiger partial charge in [0.25, 0.3) is 0 Å². The number of hydrogen-bond acceptors (Lipinski definition) is 5. The first-order valence-electron chi connectivity index (χ1n) is 8.37. The molecular weight excluding hydrogens is 385 g/mol. The van der Waals surface area contributed by atoms with Gasteiger partial charge in [0.05, 0.1) is 17.2 Å². The van der Waals surface area contributed by atoms with Crippen LogP contribution in [0.15, 0.2) is 52.0 Å². The van der Waals surface area contributed by atoms with Gasteiger partial charge in [0, 0.05) is 6.54 Å². The molecule has 1 aliphatic heterocycles. The molecule has 2 heterocycles. The SMILES string of the molecule is O=S(=O)(NCC(c1ccco1)N1CCCC1)c1ccc(OC(F)(F)F)cc1. The van der Waals surface area contributed by atoms with Gasteiger partial charge in [-0.2, -0.15) is 0 Å². The van der Waals surface area contributed by atoms with Gasteiger partial charge < -0.3 is 9.15 Å². The molecule has 0 amide bonds. The van der Waals surface area contributed by atoms with Crippen molar-refractivity contribution in [3.8, 4) is 5.75 Å². The maximum absolute atomic E-state index is 12.5. The molecule has 6 nitrogen and oxygen atoms in total. The minimum atomic E-state index is -4.83. The van der Waals surface area contributed by atoms with E-state index < -0.39 is 22.1 Å². The third-order valence-electron chi connectivity index (χ3n) is 4.29. The first-order valence-corrected chi connectivity index (χ1v) is 9.86. The van der Waals surface area contributed by atoms with Crippen LogP contribution in [-0.4, -0.2) is 39.3 Å². The van der Waals surface area contributed by atoms with Gasteiger partial charge in [0.1, 0.15) is 11.5 Å². The Labute approximate surface area is 155 Å². The second-order valence-corrected chi connectivity index (χ2v) is 7.91. The van der Waals surface area contributed by atoms with Crippen LogP contribution >= 0.6 is 0 Å². The van der Waals surface area contributed by atoms with E-state index in [0.717, 1.165) is 50.2 Å². The molecule has 0 aliphatic carbocycles. The third kappa shape index (κ3) is 5.24. The highest BCUT2D eigenvalue weighted by Crippen LogP contribution is 2.26. The Morgan fingerprint density at radius 3 is 2.37 bits per heavy atom. The monoisotopic (exact) mass is 404 g/mol. The van der Waals surface area contributed by atoms with Crippen molar-refractivity contribution in [3.05, 3.63) is 48.4 Å². The fraction of sp³-hybridized carbons (Fsp3) is 0.412. The number of hydrogen-bond donors (Lipinski definition) is 1. The summed E-state index contributed by atoms with van der Waals surface area (Å²) in [6, 6.07) is 7.36. The van der Waals surface area contributed by atoms with Gasteiger partial charge in [0.2, 0.25) is 10.0 Å². The molecule has 1 atom stereocenters. The van der Waals surface area contributed by atoms with Crippen molar-refractivity contribution in [3.63, 3.8) is 0 Å². The lowest BCUT2D eigenvalue weighted by molar-refractivity contribution is -0.274. The molecule has 1 saturated heterocycles. The normalized spacial score (nSPS) is 17.1. The van der Waals surface area contributed by atoms with Crippen LogP contribution in [0.1, 0.15) is 24.6 Å². The summed E-state index contributed by atoms with van der Waals surface area (Å²) in [7, 11) is -3.89. The molecule has 0 radical (unpaired) electrons. The molecular formula is C17H19F3N2O4S. The van der Waals surface area contributed by atoms with Crippen molar-refractivity contribution in [1.82, 2.24) is 9.62 Å². The summed E-state index contributed by atoms with van der Waals surface area (Å²) in [5, 5.41) is 0. The van der Waals surface area contributed by atoms with Crippen molar-refractivity contribution in [2.45, 2.75) is 30.1 Å². The minimum absolute atomic E-state index is 0.0939. The maximum atomic E-state index is 12.5. The Morgan fingerprint density at radius 1 is 1.15 bits per heavy atom. The van der Waals surface area contributed by atoms with E-state index in [9.17, 15) is 21.6 Å². The Morgan fingerprint density at radius 2 is 1.81 bits per heavy atom. The van der Waals surface area contributed by atoms with E-state index in [1.807, 2.05) is 0 Å². The molecule has 2 aromatic rings. The second-order valence-electron chi connectivity index (χ2n) is 6.15. The quantitative estimate of drug-likeness (QED) is 0.767. The maximum Gasteiger partial charge on any atom is 0.573 e. The number of rotatable bonds is 7. The average molecular weight is 404 g/mol.